The van der Waals surface area contributed by atoms with Crippen molar-refractivity contribution in [2.75, 3.05) is 6.54 Å². The molecule has 7 heteroatoms. The number of ether oxygens (including phenoxy) is 2. The third-order valence-corrected chi connectivity index (χ3v) is 4.03. The highest BCUT2D eigenvalue weighted by Crippen LogP contribution is 2.27. The van der Waals surface area contributed by atoms with Crippen molar-refractivity contribution in [3.63, 3.8) is 0 Å². The molecule has 1 saturated heterocycles. The van der Waals surface area contributed by atoms with Gasteiger partial charge in [-0.25, -0.2) is 9.59 Å². The van der Waals surface area contributed by atoms with Gasteiger partial charge in [0.1, 0.15) is 23.5 Å². The monoisotopic (exact) mass is 355 g/mol. The van der Waals surface area contributed by atoms with Gasteiger partial charge in [0.05, 0.1) is 6.54 Å². The Balaban J connectivity index is 2.10. The van der Waals surface area contributed by atoms with Gasteiger partial charge in [-0.2, -0.15) is 0 Å². The van der Waals surface area contributed by atoms with Crippen LogP contribution in [-0.4, -0.2) is 46.4 Å². The number of aryl methyl sites for hydroxylation is 1. The smallest absolute Gasteiger partial charge is 0.411 e. The number of hydrogen-bond acceptors (Lipinski definition) is 4. The Labute approximate surface area is 146 Å². The summed E-state index contributed by atoms with van der Waals surface area (Å²) in [6.45, 7) is 7.23. The summed E-state index contributed by atoms with van der Waals surface area (Å²) < 4.78 is 11.1. The zero-order valence-electron chi connectivity index (χ0n) is 14.2. The molecule has 24 heavy (non-hydrogen) atoms. The zero-order valence-corrected chi connectivity index (χ0v) is 15.0. The Kier molecular flexibility index (Phi) is 5.28. The highest BCUT2D eigenvalue weighted by Gasteiger charge is 2.42. The van der Waals surface area contributed by atoms with Crippen molar-refractivity contribution >= 4 is 23.7 Å². The van der Waals surface area contributed by atoms with E-state index in [1.807, 2.05) is 6.92 Å². The highest BCUT2D eigenvalue weighted by atomic mass is 35.5. The van der Waals surface area contributed by atoms with E-state index in [1.54, 1.807) is 39.0 Å². The number of halogens is 1. The molecule has 1 amide bonds. The summed E-state index contributed by atoms with van der Waals surface area (Å²) in [6.07, 6.45) is -0.858. The van der Waals surface area contributed by atoms with E-state index in [0.29, 0.717) is 10.8 Å². The predicted octanol–water partition coefficient (Wildman–Crippen LogP) is 3.49. The Morgan fingerprint density at radius 2 is 2.00 bits per heavy atom. The summed E-state index contributed by atoms with van der Waals surface area (Å²) in [4.78, 5) is 24.9. The van der Waals surface area contributed by atoms with Crippen LogP contribution in [0, 0.1) is 6.92 Å². The number of carboxylic acid groups (broad SMARTS) is 1. The van der Waals surface area contributed by atoms with Gasteiger partial charge in [0, 0.05) is 11.4 Å². The van der Waals surface area contributed by atoms with E-state index in [4.69, 9.17) is 21.1 Å². The molecule has 1 aromatic rings. The van der Waals surface area contributed by atoms with Crippen LogP contribution in [0.4, 0.5) is 4.79 Å². The molecule has 1 aliphatic rings. The molecule has 1 N–H and O–H groups in total. The second kappa shape index (κ2) is 6.89. The standard InChI is InChI=1S/C17H22ClNO5/c1-10-7-11(5-6-13(10)18)23-12-8-14(15(20)21)19(9-12)16(22)24-17(2,3)4/h5-7,12,14H,8-9H2,1-4H3,(H,20,21). The second-order valence-electron chi connectivity index (χ2n) is 6.87. The molecule has 0 spiro atoms. The third-order valence-electron chi connectivity index (χ3n) is 3.61. The van der Waals surface area contributed by atoms with Crippen LogP contribution < -0.4 is 4.74 Å². The Morgan fingerprint density at radius 3 is 2.54 bits per heavy atom. The molecule has 6 nitrogen and oxygen atoms in total. The first-order chi connectivity index (χ1) is 11.1. The third kappa shape index (κ3) is 4.54. The van der Waals surface area contributed by atoms with Gasteiger partial charge in [-0.1, -0.05) is 11.6 Å². The van der Waals surface area contributed by atoms with Crippen molar-refractivity contribution < 1.29 is 24.2 Å². The SMILES string of the molecule is Cc1cc(OC2CC(C(=O)O)N(C(=O)OC(C)(C)C)C2)ccc1Cl. The van der Waals surface area contributed by atoms with Crippen LogP contribution >= 0.6 is 11.6 Å². The second-order valence-corrected chi connectivity index (χ2v) is 7.28. The van der Waals surface area contributed by atoms with Crippen molar-refractivity contribution in [1.29, 1.82) is 0 Å². The quantitative estimate of drug-likeness (QED) is 0.898. The van der Waals surface area contributed by atoms with E-state index in [-0.39, 0.29) is 13.0 Å². The fourth-order valence-corrected chi connectivity index (χ4v) is 2.64. The van der Waals surface area contributed by atoms with Crippen molar-refractivity contribution in [1.82, 2.24) is 4.90 Å². The molecule has 0 bridgehead atoms. The molecular weight excluding hydrogens is 334 g/mol. The van der Waals surface area contributed by atoms with Crippen LogP contribution in [0.5, 0.6) is 5.75 Å². The first-order valence-corrected chi connectivity index (χ1v) is 8.10. The molecule has 1 fully saturated rings. The fourth-order valence-electron chi connectivity index (χ4n) is 2.52. The van der Waals surface area contributed by atoms with Crippen molar-refractivity contribution in [2.24, 2.45) is 0 Å². The number of carbonyl (C=O) groups is 2. The summed E-state index contributed by atoms with van der Waals surface area (Å²) in [5, 5.41) is 10.0. The maximum atomic E-state index is 12.2. The Morgan fingerprint density at radius 1 is 1.33 bits per heavy atom. The lowest BCUT2D eigenvalue weighted by molar-refractivity contribution is -0.142. The average Bonchev–Trinajstić information content (AvgIpc) is 2.85. The Hall–Kier alpha value is -1.95. The average molecular weight is 356 g/mol. The van der Waals surface area contributed by atoms with Crippen LogP contribution in [0.3, 0.4) is 0 Å². The molecule has 0 radical (unpaired) electrons. The topological polar surface area (TPSA) is 76.1 Å². The molecule has 2 rings (SSSR count). The van der Waals surface area contributed by atoms with E-state index >= 15 is 0 Å². The van der Waals surface area contributed by atoms with Crippen molar-refractivity contribution in [3.05, 3.63) is 28.8 Å². The highest BCUT2D eigenvalue weighted by molar-refractivity contribution is 6.31. The van der Waals surface area contributed by atoms with Gasteiger partial charge in [-0.05, 0) is 51.5 Å². The number of rotatable bonds is 3. The van der Waals surface area contributed by atoms with Gasteiger partial charge >= 0.3 is 12.1 Å². The van der Waals surface area contributed by atoms with Crippen molar-refractivity contribution in [2.45, 2.75) is 51.9 Å². The minimum absolute atomic E-state index is 0.160. The molecular formula is C17H22ClNO5. The summed E-state index contributed by atoms with van der Waals surface area (Å²) >= 11 is 5.99. The number of amides is 1. The Bertz CT molecular complexity index is 640. The van der Waals surface area contributed by atoms with Gasteiger partial charge in [-0.3, -0.25) is 4.90 Å². The van der Waals surface area contributed by atoms with Crippen molar-refractivity contribution in [3.8, 4) is 5.75 Å². The molecule has 1 heterocycles. The number of hydrogen-bond donors (Lipinski definition) is 1. The zero-order chi connectivity index (χ0) is 18.1. The lowest BCUT2D eigenvalue weighted by atomic mass is 10.2. The van der Waals surface area contributed by atoms with Crippen LogP contribution in [0.1, 0.15) is 32.8 Å². The van der Waals surface area contributed by atoms with E-state index in [2.05, 4.69) is 0 Å². The molecule has 1 aromatic carbocycles. The molecule has 2 unspecified atom stereocenters. The molecule has 1 aliphatic heterocycles. The van der Waals surface area contributed by atoms with Crippen LogP contribution in [0.2, 0.25) is 5.02 Å². The summed E-state index contributed by atoms with van der Waals surface area (Å²) in [6, 6.07) is 4.27. The summed E-state index contributed by atoms with van der Waals surface area (Å²) in [7, 11) is 0. The molecule has 132 valence electrons. The lowest BCUT2D eigenvalue weighted by Gasteiger charge is -2.26. The number of nitrogens with zero attached hydrogens (tertiary/aromatic N) is 1. The van der Waals surface area contributed by atoms with Gasteiger partial charge in [0.25, 0.3) is 0 Å². The fraction of sp³-hybridized carbons (Fsp3) is 0.529. The molecule has 0 aromatic heterocycles. The molecule has 2 atom stereocenters. The molecule has 0 saturated carbocycles. The molecule has 0 aliphatic carbocycles. The first-order valence-electron chi connectivity index (χ1n) is 7.72. The minimum atomic E-state index is -1.07. The van der Waals surface area contributed by atoms with Crippen LogP contribution in [0.15, 0.2) is 18.2 Å². The van der Waals surface area contributed by atoms with Gasteiger partial charge < -0.3 is 14.6 Å². The van der Waals surface area contributed by atoms with E-state index < -0.39 is 29.8 Å². The number of carbonyl (C=O) groups excluding carboxylic acids is 1. The maximum absolute atomic E-state index is 12.2. The number of aliphatic carboxylic acids is 1. The normalized spacial score (nSPS) is 20.8. The minimum Gasteiger partial charge on any atom is -0.488 e. The number of benzene rings is 1. The summed E-state index contributed by atoms with van der Waals surface area (Å²) in [5.74, 6) is -0.476. The lowest BCUT2D eigenvalue weighted by Crippen LogP contribution is -2.43. The van der Waals surface area contributed by atoms with Gasteiger partial charge in [-0.15, -0.1) is 0 Å². The van der Waals surface area contributed by atoms with Gasteiger partial charge in [0.2, 0.25) is 0 Å². The number of carboxylic acids is 1. The largest absolute Gasteiger partial charge is 0.488 e. The maximum Gasteiger partial charge on any atom is 0.411 e. The number of likely N-dealkylation sites (tertiary alicyclic amines) is 1. The predicted molar refractivity (Wildman–Crippen MR) is 89.6 cm³/mol. The van der Waals surface area contributed by atoms with E-state index in [9.17, 15) is 14.7 Å². The van der Waals surface area contributed by atoms with Gasteiger partial charge in [0.15, 0.2) is 0 Å². The van der Waals surface area contributed by atoms with Crippen LogP contribution in [0.25, 0.3) is 0 Å². The van der Waals surface area contributed by atoms with E-state index in [1.165, 1.54) is 4.90 Å². The summed E-state index contributed by atoms with van der Waals surface area (Å²) in [5.41, 5.74) is 0.178. The first kappa shape index (κ1) is 18.4. The van der Waals surface area contributed by atoms with E-state index in [0.717, 1.165) is 5.56 Å². The van der Waals surface area contributed by atoms with Crippen LogP contribution in [-0.2, 0) is 9.53 Å².